The summed E-state index contributed by atoms with van der Waals surface area (Å²) in [6, 6.07) is 29.2. The fourth-order valence-corrected chi connectivity index (χ4v) is 4.17. The highest BCUT2D eigenvalue weighted by Gasteiger charge is 2.10. The van der Waals surface area contributed by atoms with E-state index in [2.05, 4.69) is 75.9 Å². The number of hydrogen-bond donors (Lipinski definition) is 1. The van der Waals surface area contributed by atoms with E-state index in [1.165, 1.54) is 10.8 Å². The second-order valence-corrected chi connectivity index (χ2v) is 7.22. The van der Waals surface area contributed by atoms with Crippen LogP contribution in [-0.2, 0) is 0 Å². The number of rotatable bonds is 2. The molecule has 0 amide bonds. The monoisotopic (exact) mass is 371 g/mol. The van der Waals surface area contributed by atoms with E-state index in [0.717, 1.165) is 44.0 Å². The molecule has 0 aliphatic rings. The van der Waals surface area contributed by atoms with E-state index in [4.69, 9.17) is 0 Å². The molecule has 0 saturated carbocycles. The van der Waals surface area contributed by atoms with Gasteiger partial charge in [-0.3, -0.25) is 9.97 Å². The summed E-state index contributed by atoms with van der Waals surface area (Å²) in [7, 11) is 0. The van der Waals surface area contributed by atoms with Crippen molar-refractivity contribution in [3.05, 3.63) is 97.3 Å². The van der Waals surface area contributed by atoms with E-state index in [9.17, 15) is 0 Å². The topological polar surface area (TPSA) is 37.8 Å². The lowest BCUT2D eigenvalue weighted by molar-refractivity contribution is 1.43. The third kappa shape index (κ3) is 2.52. The summed E-state index contributed by atoms with van der Waals surface area (Å²) in [5.41, 5.74) is 4.06. The fourth-order valence-electron chi connectivity index (χ4n) is 4.17. The molecule has 2 heterocycles. The first-order chi connectivity index (χ1) is 14.4. The van der Waals surface area contributed by atoms with Crippen LogP contribution >= 0.6 is 0 Å². The third-order valence-corrected chi connectivity index (χ3v) is 5.50. The molecule has 1 N–H and O–H groups in total. The Balaban J connectivity index is 1.64. The van der Waals surface area contributed by atoms with Gasteiger partial charge < -0.3 is 5.32 Å². The van der Waals surface area contributed by atoms with Crippen LogP contribution in [0.2, 0.25) is 0 Å². The molecule has 4 aromatic carbocycles. The van der Waals surface area contributed by atoms with Crippen molar-refractivity contribution in [3.63, 3.8) is 0 Å². The SMILES string of the molecule is c1ccc2c(c1)cnc1cccc(Nc3cccc4ncc5ccccc5c34)c12. The normalized spacial score (nSPS) is 11.4. The van der Waals surface area contributed by atoms with Crippen LogP contribution in [-0.4, -0.2) is 9.97 Å². The summed E-state index contributed by atoms with van der Waals surface area (Å²) >= 11 is 0. The van der Waals surface area contributed by atoms with Crippen molar-refractivity contribution >= 4 is 54.7 Å². The Bertz CT molecular complexity index is 1420. The van der Waals surface area contributed by atoms with Gasteiger partial charge in [-0.1, -0.05) is 60.7 Å². The molecule has 0 bridgehead atoms. The first-order valence-electron chi connectivity index (χ1n) is 9.68. The van der Waals surface area contributed by atoms with E-state index in [1.54, 1.807) is 0 Å². The first kappa shape index (κ1) is 16.0. The molecule has 0 atom stereocenters. The van der Waals surface area contributed by atoms with Crippen molar-refractivity contribution in [3.8, 4) is 0 Å². The summed E-state index contributed by atoms with van der Waals surface area (Å²) in [4.78, 5) is 9.34. The smallest absolute Gasteiger partial charge is 0.0729 e. The van der Waals surface area contributed by atoms with Crippen LogP contribution in [0.25, 0.3) is 43.4 Å². The molecule has 3 heteroatoms. The average molecular weight is 371 g/mol. The molecule has 2 aromatic heterocycles. The lowest BCUT2D eigenvalue weighted by atomic mass is 10.0. The lowest BCUT2D eigenvalue weighted by Gasteiger charge is -2.14. The summed E-state index contributed by atoms with van der Waals surface area (Å²) in [6.07, 6.45) is 3.88. The molecule has 0 saturated heterocycles. The molecule has 0 spiro atoms. The summed E-state index contributed by atoms with van der Waals surface area (Å²) in [5.74, 6) is 0. The molecule has 3 nitrogen and oxygen atoms in total. The van der Waals surface area contributed by atoms with Gasteiger partial charge in [-0.15, -0.1) is 0 Å². The quantitative estimate of drug-likeness (QED) is 0.339. The van der Waals surface area contributed by atoms with Gasteiger partial charge in [0.2, 0.25) is 0 Å². The van der Waals surface area contributed by atoms with Gasteiger partial charge in [-0.25, -0.2) is 0 Å². The van der Waals surface area contributed by atoms with E-state index in [-0.39, 0.29) is 0 Å². The first-order valence-corrected chi connectivity index (χ1v) is 9.68. The van der Waals surface area contributed by atoms with Crippen LogP contribution in [0.4, 0.5) is 11.4 Å². The molecule has 29 heavy (non-hydrogen) atoms. The fraction of sp³-hybridized carbons (Fsp3) is 0. The van der Waals surface area contributed by atoms with E-state index in [1.807, 2.05) is 36.7 Å². The third-order valence-electron chi connectivity index (χ3n) is 5.50. The maximum absolute atomic E-state index is 4.67. The zero-order valence-corrected chi connectivity index (χ0v) is 15.6. The van der Waals surface area contributed by atoms with E-state index < -0.39 is 0 Å². The average Bonchev–Trinajstić information content (AvgIpc) is 2.79. The lowest BCUT2D eigenvalue weighted by Crippen LogP contribution is -1.95. The number of benzene rings is 4. The number of fused-ring (bicyclic) bond motifs is 6. The van der Waals surface area contributed by atoms with Crippen molar-refractivity contribution in [2.75, 3.05) is 5.32 Å². The number of anilines is 2. The zero-order chi connectivity index (χ0) is 19.2. The van der Waals surface area contributed by atoms with Crippen molar-refractivity contribution in [2.45, 2.75) is 0 Å². The minimum absolute atomic E-state index is 0.983. The van der Waals surface area contributed by atoms with Gasteiger partial charge in [-0.2, -0.15) is 0 Å². The molecular weight excluding hydrogens is 354 g/mol. The van der Waals surface area contributed by atoms with E-state index in [0.29, 0.717) is 0 Å². The Labute approximate surface area is 167 Å². The number of nitrogens with zero attached hydrogens (tertiary/aromatic N) is 2. The van der Waals surface area contributed by atoms with Gasteiger partial charge in [0.1, 0.15) is 0 Å². The summed E-state index contributed by atoms with van der Waals surface area (Å²) < 4.78 is 0. The Morgan fingerprint density at radius 2 is 0.966 bits per heavy atom. The predicted octanol–water partition coefficient (Wildman–Crippen LogP) is 6.83. The minimum atomic E-state index is 0.983. The van der Waals surface area contributed by atoms with Crippen molar-refractivity contribution < 1.29 is 0 Å². The Morgan fingerprint density at radius 1 is 0.483 bits per heavy atom. The Hall–Kier alpha value is -3.98. The second-order valence-electron chi connectivity index (χ2n) is 7.22. The number of hydrogen-bond acceptors (Lipinski definition) is 3. The number of pyridine rings is 2. The minimum Gasteiger partial charge on any atom is -0.354 e. The highest BCUT2D eigenvalue weighted by molar-refractivity contribution is 6.15. The van der Waals surface area contributed by atoms with Gasteiger partial charge in [0, 0.05) is 45.3 Å². The second kappa shape index (κ2) is 6.28. The van der Waals surface area contributed by atoms with Crippen molar-refractivity contribution in [1.29, 1.82) is 0 Å². The maximum Gasteiger partial charge on any atom is 0.0729 e. The molecule has 136 valence electrons. The molecule has 0 fully saturated rings. The predicted molar refractivity (Wildman–Crippen MR) is 122 cm³/mol. The van der Waals surface area contributed by atoms with Crippen LogP contribution < -0.4 is 5.32 Å². The molecule has 0 aliphatic heterocycles. The van der Waals surface area contributed by atoms with E-state index >= 15 is 0 Å². The maximum atomic E-state index is 4.67. The number of aromatic nitrogens is 2. The van der Waals surface area contributed by atoms with Gasteiger partial charge in [0.05, 0.1) is 11.0 Å². The zero-order valence-electron chi connectivity index (χ0n) is 15.6. The van der Waals surface area contributed by atoms with Crippen LogP contribution in [0, 0.1) is 0 Å². The highest BCUT2D eigenvalue weighted by atomic mass is 14.9. The molecule has 0 aliphatic carbocycles. The molecule has 0 unspecified atom stereocenters. The molecule has 6 rings (SSSR count). The summed E-state index contributed by atoms with van der Waals surface area (Å²) in [6.45, 7) is 0. The Morgan fingerprint density at radius 3 is 1.48 bits per heavy atom. The molecule has 0 radical (unpaired) electrons. The van der Waals surface area contributed by atoms with Crippen LogP contribution in [0.15, 0.2) is 97.3 Å². The van der Waals surface area contributed by atoms with Crippen LogP contribution in [0.1, 0.15) is 0 Å². The highest BCUT2D eigenvalue weighted by Crippen LogP contribution is 2.35. The summed E-state index contributed by atoms with van der Waals surface area (Å²) in [5, 5.41) is 10.6. The Kier molecular flexibility index (Phi) is 3.47. The van der Waals surface area contributed by atoms with Gasteiger partial charge in [-0.05, 0) is 35.0 Å². The van der Waals surface area contributed by atoms with Crippen LogP contribution in [0.5, 0.6) is 0 Å². The standard InChI is InChI=1S/C26H17N3/c1-3-9-19-17(7-1)15-27-21-11-5-13-23(25(19)21)29-24-14-6-12-22-26(24)20-10-4-2-8-18(20)16-28-22/h1-16,29H. The largest absolute Gasteiger partial charge is 0.354 e. The van der Waals surface area contributed by atoms with Crippen molar-refractivity contribution in [1.82, 2.24) is 9.97 Å². The molecular formula is C26H17N3. The molecule has 6 aromatic rings. The van der Waals surface area contributed by atoms with Crippen LogP contribution in [0.3, 0.4) is 0 Å². The van der Waals surface area contributed by atoms with Crippen molar-refractivity contribution in [2.24, 2.45) is 0 Å². The van der Waals surface area contributed by atoms with Gasteiger partial charge in [0.15, 0.2) is 0 Å². The number of nitrogens with one attached hydrogen (secondary N) is 1. The van der Waals surface area contributed by atoms with Gasteiger partial charge in [0.25, 0.3) is 0 Å². The van der Waals surface area contributed by atoms with Gasteiger partial charge >= 0.3 is 0 Å².